The number of carbonyl (C=O) groups excluding carboxylic acids is 2. The molecule has 1 N–H and O–H groups in total. The third kappa shape index (κ3) is 2.27. The maximum Gasteiger partial charge on any atom is 0.309 e. The molecule has 1 aliphatic heterocycles. The first kappa shape index (κ1) is 14.9. The second-order valence-corrected chi connectivity index (χ2v) is 7.78. The molecule has 4 heteroatoms. The van der Waals surface area contributed by atoms with Crippen molar-refractivity contribution in [1.82, 2.24) is 5.32 Å². The van der Waals surface area contributed by atoms with Crippen molar-refractivity contribution in [2.75, 3.05) is 0 Å². The van der Waals surface area contributed by atoms with Crippen molar-refractivity contribution in [1.29, 1.82) is 0 Å². The molecule has 1 heterocycles. The molecule has 0 bridgehead atoms. The summed E-state index contributed by atoms with van der Waals surface area (Å²) in [5.41, 5.74) is 0.250. The van der Waals surface area contributed by atoms with Gasteiger partial charge in [-0.05, 0) is 37.0 Å². The Morgan fingerprint density at radius 3 is 2.62 bits per heavy atom. The summed E-state index contributed by atoms with van der Waals surface area (Å²) >= 11 is 0. The maximum atomic E-state index is 12.0. The molecule has 3 rings (SSSR count). The fourth-order valence-corrected chi connectivity index (χ4v) is 5.29. The van der Waals surface area contributed by atoms with Crippen LogP contribution in [0.5, 0.6) is 0 Å². The Bertz CT molecular complexity index is 463. The quantitative estimate of drug-likeness (QED) is 0.756. The Labute approximate surface area is 127 Å². The molecule has 1 amide bonds. The van der Waals surface area contributed by atoms with E-state index in [0.717, 1.165) is 19.3 Å². The minimum atomic E-state index is -0.0249. The van der Waals surface area contributed by atoms with E-state index in [9.17, 15) is 9.59 Å². The van der Waals surface area contributed by atoms with Crippen molar-refractivity contribution >= 4 is 11.9 Å². The number of hydrogen-bond donors (Lipinski definition) is 1. The summed E-state index contributed by atoms with van der Waals surface area (Å²) in [6.07, 6.45) is 4.48. The third-order valence-electron chi connectivity index (χ3n) is 6.51. The minimum absolute atomic E-state index is 0.0249. The monoisotopic (exact) mass is 293 g/mol. The fourth-order valence-electron chi connectivity index (χ4n) is 5.29. The van der Waals surface area contributed by atoms with E-state index in [1.807, 2.05) is 6.92 Å². The lowest BCUT2D eigenvalue weighted by molar-refractivity contribution is -0.154. The third-order valence-corrected chi connectivity index (χ3v) is 6.51. The fraction of sp³-hybridized carbons (Fsp3) is 0.882. The predicted octanol–water partition coefficient (Wildman–Crippen LogP) is 2.52. The lowest BCUT2D eigenvalue weighted by atomic mass is 9.52. The molecule has 0 aromatic carbocycles. The van der Waals surface area contributed by atoms with Crippen LogP contribution in [0, 0.1) is 29.1 Å². The van der Waals surface area contributed by atoms with E-state index in [-0.39, 0.29) is 35.4 Å². The van der Waals surface area contributed by atoms with Gasteiger partial charge in [0.05, 0.1) is 5.92 Å². The largest absolute Gasteiger partial charge is 0.462 e. The zero-order valence-electron chi connectivity index (χ0n) is 13.5. The number of fused-ring (bicyclic) bond motifs is 3. The normalized spacial score (nSPS) is 49.0. The number of hydrogen-bond acceptors (Lipinski definition) is 3. The lowest BCUT2D eigenvalue weighted by Crippen LogP contribution is -2.56. The molecule has 21 heavy (non-hydrogen) atoms. The van der Waals surface area contributed by atoms with Gasteiger partial charge >= 0.3 is 5.97 Å². The SMILES string of the molecule is CC(=O)NC1CCC2(C)CCC3C(C)C(=O)OC3C2C1C. The molecule has 0 radical (unpaired) electrons. The van der Waals surface area contributed by atoms with Crippen LogP contribution in [0.1, 0.15) is 53.4 Å². The summed E-state index contributed by atoms with van der Waals surface area (Å²) in [5.74, 6) is 1.15. The van der Waals surface area contributed by atoms with Gasteiger partial charge in [0.2, 0.25) is 5.91 Å². The second kappa shape index (κ2) is 4.99. The first-order valence-electron chi connectivity index (χ1n) is 8.31. The van der Waals surface area contributed by atoms with Gasteiger partial charge in [-0.25, -0.2) is 0 Å². The molecule has 7 unspecified atom stereocenters. The Hall–Kier alpha value is -1.06. The Morgan fingerprint density at radius 2 is 1.95 bits per heavy atom. The average molecular weight is 293 g/mol. The molecule has 1 saturated heterocycles. The van der Waals surface area contributed by atoms with Gasteiger partial charge in [-0.3, -0.25) is 9.59 Å². The smallest absolute Gasteiger partial charge is 0.309 e. The zero-order chi connectivity index (χ0) is 15.4. The van der Waals surface area contributed by atoms with Gasteiger partial charge in [0.25, 0.3) is 0 Å². The van der Waals surface area contributed by atoms with Gasteiger partial charge in [-0.15, -0.1) is 0 Å². The van der Waals surface area contributed by atoms with Crippen LogP contribution in [0.15, 0.2) is 0 Å². The number of ether oxygens (including phenoxy) is 1. The number of rotatable bonds is 1. The van der Waals surface area contributed by atoms with Crippen LogP contribution in [0.2, 0.25) is 0 Å². The van der Waals surface area contributed by atoms with Crippen LogP contribution >= 0.6 is 0 Å². The molecule has 118 valence electrons. The van der Waals surface area contributed by atoms with Crippen molar-refractivity contribution in [2.24, 2.45) is 29.1 Å². The van der Waals surface area contributed by atoms with Crippen molar-refractivity contribution in [3.63, 3.8) is 0 Å². The van der Waals surface area contributed by atoms with Gasteiger partial charge in [0.1, 0.15) is 6.10 Å². The van der Waals surface area contributed by atoms with Gasteiger partial charge in [0, 0.05) is 24.8 Å². The first-order valence-corrected chi connectivity index (χ1v) is 8.31. The van der Waals surface area contributed by atoms with E-state index in [1.165, 1.54) is 6.42 Å². The zero-order valence-corrected chi connectivity index (χ0v) is 13.5. The minimum Gasteiger partial charge on any atom is -0.462 e. The Morgan fingerprint density at radius 1 is 1.29 bits per heavy atom. The van der Waals surface area contributed by atoms with Gasteiger partial charge in [-0.1, -0.05) is 20.8 Å². The number of esters is 1. The highest BCUT2D eigenvalue weighted by Crippen LogP contribution is 2.57. The topological polar surface area (TPSA) is 55.4 Å². The van der Waals surface area contributed by atoms with Gasteiger partial charge in [-0.2, -0.15) is 0 Å². The summed E-state index contributed by atoms with van der Waals surface area (Å²) in [6, 6.07) is 0.217. The molecule has 0 aromatic rings. The highest BCUT2D eigenvalue weighted by Gasteiger charge is 2.58. The van der Waals surface area contributed by atoms with E-state index < -0.39 is 0 Å². The molecule has 2 aliphatic carbocycles. The second-order valence-electron chi connectivity index (χ2n) is 7.78. The van der Waals surface area contributed by atoms with Crippen molar-refractivity contribution in [2.45, 2.75) is 65.5 Å². The van der Waals surface area contributed by atoms with E-state index >= 15 is 0 Å². The molecule has 7 atom stereocenters. The Kier molecular flexibility index (Phi) is 3.53. The van der Waals surface area contributed by atoms with Crippen LogP contribution in [-0.2, 0) is 14.3 Å². The summed E-state index contributed by atoms with van der Waals surface area (Å²) in [7, 11) is 0. The highest BCUT2D eigenvalue weighted by molar-refractivity contribution is 5.75. The van der Waals surface area contributed by atoms with Crippen molar-refractivity contribution in [3.8, 4) is 0 Å². The molecule has 0 spiro atoms. The van der Waals surface area contributed by atoms with Crippen LogP contribution < -0.4 is 5.32 Å². The summed E-state index contributed by atoms with van der Waals surface area (Å²) in [5, 5.41) is 3.10. The highest BCUT2D eigenvalue weighted by atomic mass is 16.6. The predicted molar refractivity (Wildman–Crippen MR) is 79.4 cm³/mol. The number of nitrogens with one attached hydrogen (secondary N) is 1. The molecule has 0 aromatic heterocycles. The number of amides is 1. The van der Waals surface area contributed by atoms with E-state index in [4.69, 9.17) is 4.74 Å². The van der Waals surface area contributed by atoms with Crippen molar-refractivity contribution in [3.05, 3.63) is 0 Å². The number of carbonyl (C=O) groups is 2. The van der Waals surface area contributed by atoms with E-state index in [0.29, 0.717) is 17.8 Å². The Balaban J connectivity index is 1.87. The molecular weight excluding hydrogens is 266 g/mol. The average Bonchev–Trinajstić information content (AvgIpc) is 2.68. The molecule has 3 aliphatic rings. The van der Waals surface area contributed by atoms with Gasteiger partial charge in [0.15, 0.2) is 0 Å². The van der Waals surface area contributed by atoms with Crippen LogP contribution in [0.25, 0.3) is 0 Å². The van der Waals surface area contributed by atoms with Gasteiger partial charge < -0.3 is 10.1 Å². The maximum absolute atomic E-state index is 12.0. The van der Waals surface area contributed by atoms with E-state index in [2.05, 4.69) is 19.2 Å². The summed E-state index contributed by atoms with van der Waals surface area (Å²) in [6.45, 7) is 8.17. The first-order chi connectivity index (χ1) is 9.83. The summed E-state index contributed by atoms with van der Waals surface area (Å²) < 4.78 is 5.78. The van der Waals surface area contributed by atoms with Crippen LogP contribution in [-0.4, -0.2) is 24.0 Å². The molecular formula is C17H27NO3. The summed E-state index contributed by atoms with van der Waals surface area (Å²) in [4.78, 5) is 23.4. The lowest BCUT2D eigenvalue weighted by Gasteiger charge is -2.54. The molecule has 4 nitrogen and oxygen atoms in total. The van der Waals surface area contributed by atoms with Crippen molar-refractivity contribution < 1.29 is 14.3 Å². The molecule has 3 fully saturated rings. The van der Waals surface area contributed by atoms with Crippen LogP contribution in [0.4, 0.5) is 0 Å². The van der Waals surface area contributed by atoms with E-state index in [1.54, 1.807) is 6.92 Å². The standard InChI is InChI=1S/C17H27NO3/c1-9-12-5-7-17(4)8-6-13(18-11(3)19)10(2)14(17)15(12)21-16(9)20/h9-10,12-15H,5-8H2,1-4H3,(H,18,19). The molecule has 2 saturated carbocycles. The van der Waals surface area contributed by atoms with Crippen LogP contribution in [0.3, 0.4) is 0 Å².